The van der Waals surface area contributed by atoms with Crippen LogP contribution in [0.1, 0.15) is 12.8 Å². The Morgan fingerprint density at radius 3 is 3.28 bits per heavy atom. The quantitative estimate of drug-likeness (QED) is 0.878. The van der Waals surface area contributed by atoms with Crippen LogP contribution in [-0.2, 0) is 4.74 Å². The molecule has 0 aromatic carbocycles. The number of aromatic nitrogens is 4. The fourth-order valence-electron chi connectivity index (χ4n) is 2.06. The molecule has 0 radical (unpaired) electrons. The second-order valence-corrected chi connectivity index (χ2v) is 4.23. The summed E-state index contributed by atoms with van der Waals surface area (Å²) in [6, 6.07) is 3.89. The molecule has 1 aliphatic rings. The maximum Gasteiger partial charge on any atom is 0.178 e. The van der Waals surface area contributed by atoms with Gasteiger partial charge in [-0.25, -0.2) is 14.6 Å². The molecular formula is C12H15N5O. The molecule has 6 nitrogen and oxygen atoms in total. The summed E-state index contributed by atoms with van der Waals surface area (Å²) in [6.45, 7) is 1.67. The maximum atomic E-state index is 5.59. The van der Waals surface area contributed by atoms with E-state index in [0.717, 1.165) is 37.5 Å². The largest absolute Gasteiger partial charge is 0.379 e. The highest BCUT2D eigenvalue weighted by molar-refractivity contribution is 5.56. The van der Waals surface area contributed by atoms with Gasteiger partial charge in [-0.1, -0.05) is 0 Å². The number of rotatable bonds is 4. The molecule has 1 saturated heterocycles. The molecular weight excluding hydrogens is 230 g/mol. The maximum absolute atomic E-state index is 5.59. The van der Waals surface area contributed by atoms with Gasteiger partial charge in [0.2, 0.25) is 0 Å². The molecule has 6 heteroatoms. The molecule has 1 N–H and O–H groups in total. The van der Waals surface area contributed by atoms with Crippen molar-refractivity contribution in [2.45, 2.75) is 18.9 Å². The standard InChI is InChI=1S/C12H15N5O/c1-4-11(15-7-10-3-2-6-18-10)12(14-5-1)17-9-13-8-16-17/h1,4-5,8-10,15H,2-3,6-7H2. The summed E-state index contributed by atoms with van der Waals surface area (Å²) in [6.07, 6.45) is 7.45. The molecule has 3 heterocycles. The first-order chi connectivity index (χ1) is 8.93. The second-order valence-electron chi connectivity index (χ2n) is 4.23. The summed E-state index contributed by atoms with van der Waals surface area (Å²) in [5.74, 6) is 0.757. The van der Waals surface area contributed by atoms with Crippen LogP contribution < -0.4 is 5.32 Å². The summed E-state index contributed by atoms with van der Waals surface area (Å²) in [4.78, 5) is 8.26. The van der Waals surface area contributed by atoms with Crippen molar-refractivity contribution >= 4 is 5.69 Å². The van der Waals surface area contributed by atoms with E-state index in [9.17, 15) is 0 Å². The van der Waals surface area contributed by atoms with Crippen molar-refractivity contribution in [1.82, 2.24) is 19.7 Å². The highest BCUT2D eigenvalue weighted by Gasteiger charge is 2.16. The van der Waals surface area contributed by atoms with E-state index in [2.05, 4.69) is 20.4 Å². The Bertz CT molecular complexity index is 493. The van der Waals surface area contributed by atoms with Gasteiger partial charge in [0.05, 0.1) is 11.8 Å². The lowest BCUT2D eigenvalue weighted by Crippen LogP contribution is -2.19. The lowest BCUT2D eigenvalue weighted by atomic mass is 10.2. The minimum atomic E-state index is 0.300. The predicted molar refractivity (Wildman–Crippen MR) is 66.6 cm³/mol. The average molecular weight is 245 g/mol. The zero-order valence-electron chi connectivity index (χ0n) is 9.99. The van der Waals surface area contributed by atoms with Crippen LogP contribution in [0.4, 0.5) is 5.69 Å². The van der Waals surface area contributed by atoms with Gasteiger partial charge in [-0.3, -0.25) is 0 Å². The van der Waals surface area contributed by atoms with E-state index in [1.807, 2.05) is 12.1 Å². The van der Waals surface area contributed by atoms with E-state index in [1.165, 1.54) is 6.33 Å². The topological polar surface area (TPSA) is 64.9 Å². The van der Waals surface area contributed by atoms with Crippen LogP contribution in [0.3, 0.4) is 0 Å². The van der Waals surface area contributed by atoms with Gasteiger partial charge >= 0.3 is 0 Å². The summed E-state index contributed by atoms with van der Waals surface area (Å²) < 4.78 is 7.24. The van der Waals surface area contributed by atoms with Gasteiger partial charge in [0.25, 0.3) is 0 Å². The van der Waals surface area contributed by atoms with Gasteiger partial charge in [-0.15, -0.1) is 0 Å². The molecule has 1 unspecified atom stereocenters. The van der Waals surface area contributed by atoms with E-state index >= 15 is 0 Å². The fourth-order valence-corrected chi connectivity index (χ4v) is 2.06. The smallest absolute Gasteiger partial charge is 0.178 e. The van der Waals surface area contributed by atoms with Gasteiger partial charge in [0, 0.05) is 19.3 Å². The summed E-state index contributed by atoms with van der Waals surface area (Å²) >= 11 is 0. The first-order valence-electron chi connectivity index (χ1n) is 6.09. The molecule has 0 bridgehead atoms. The van der Waals surface area contributed by atoms with Crippen LogP contribution in [0, 0.1) is 0 Å². The Balaban J connectivity index is 1.75. The van der Waals surface area contributed by atoms with Crippen molar-refractivity contribution in [3.63, 3.8) is 0 Å². The Morgan fingerprint density at radius 1 is 1.50 bits per heavy atom. The fraction of sp³-hybridized carbons (Fsp3) is 0.417. The number of nitrogens with zero attached hydrogens (tertiary/aromatic N) is 4. The van der Waals surface area contributed by atoms with Gasteiger partial charge in [0.1, 0.15) is 12.7 Å². The Labute approximate surface area is 105 Å². The van der Waals surface area contributed by atoms with Crippen molar-refractivity contribution in [3.05, 3.63) is 31.0 Å². The van der Waals surface area contributed by atoms with Crippen molar-refractivity contribution in [3.8, 4) is 5.82 Å². The van der Waals surface area contributed by atoms with Crippen LogP contribution in [0.25, 0.3) is 5.82 Å². The van der Waals surface area contributed by atoms with Crippen molar-refractivity contribution in [2.75, 3.05) is 18.5 Å². The molecule has 3 rings (SSSR count). The van der Waals surface area contributed by atoms with Crippen LogP contribution in [-0.4, -0.2) is 39.0 Å². The molecule has 94 valence electrons. The van der Waals surface area contributed by atoms with E-state index in [0.29, 0.717) is 6.10 Å². The minimum absolute atomic E-state index is 0.300. The van der Waals surface area contributed by atoms with Crippen LogP contribution in [0.2, 0.25) is 0 Å². The Morgan fingerprint density at radius 2 is 2.50 bits per heavy atom. The monoisotopic (exact) mass is 245 g/mol. The molecule has 1 aliphatic heterocycles. The van der Waals surface area contributed by atoms with Gasteiger partial charge in [-0.2, -0.15) is 5.10 Å². The molecule has 0 aliphatic carbocycles. The highest BCUT2D eigenvalue weighted by atomic mass is 16.5. The summed E-state index contributed by atoms with van der Waals surface area (Å²) in [5, 5.41) is 7.47. The van der Waals surface area contributed by atoms with Gasteiger partial charge < -0.3 is 10.1 Å². The number of anilines is 1. The molecule has 18 heavy (non-hydrogen) atoms. The third-order valence-corrected chi connectivity index (χ3v) is 2.97. The molecule has 2 aromatic heterocycles. The SMILES string of the molecule is c1cnc(-n2cncn2)c(NCC2CCCO2)c1. The number of ether oxygens (including phenoxy) is 1. The lowest BCUT2D eigenvalue weighted by molar-refractivity contribution is 0.120. The van der Waals surface area contributed by atoms with E-state index in [-0.39, 0.29) is 0 Å². The first-order valence-corrected chi connectivity index (χ1v) is 6.09. The third-order valence-electron chi connectivity index (χ3n) is 2.97. The number of nitrogens with one attached hydrogen (secondary N) is 1. The zero-order valence-corrected chi connectivity index (χ0v) is 9.99. The van der Waals surface area contributed by atoms with Crippen molar-refractivity contribution < 1.29 is 4.74 Å². The van der Waals surface area contributed by atoms with Crippen LogP contribution in [0.5, 0.6) is 0 Å². The molecule has 0 saturated carbocycles. The first kappa shape index (κ1) is 11.2. The number of hydrogen-bond donors (Lipinski definition) is 1. The van der Waals surface area contributed by atoms with Crippen molar-refractivity contribution in [2.24, 2.45) is 0 Å². The predicted octanol–water partition coefficient (Wildman–Crippen LogP) is 1.25. The second kappa shape index (κ2) is 5.14. The molecule has 2 aromatic rings. The van der Waals surface area contributed by atoms with E-state index < -0.39 is 0 Å². The number of pyridine rings is 1. The van der Waals surface area contributed by atoms with E-state index in [4.69, 9.17) is 4.74 Å². The van der Waals surface area contributed by atoms with Crippen molar-refractivity contribution in [1.29, 1.82) is 0 Å². The average Bonchev–Trinajstić information content (AvgIpc) is 3.10. The number of hydrogen-bond acceptors (Lipinski definition) is 5. The molecule has 1 atom stereocenters. The third kappa shape index (κ3) is 2.33. The highest BCUT2D eigenvalue weighted by Crippen LogP contribution is 2.18. The molecule has 0 amide bonds. The minimum Gasteiger partial charge on any atom is -0.379 e. The van der Waals surface area contributed by atoms with Crippen LogP contribution >= 0.6 is 0 Å². The Hall–Kier alpha value is -1.95. The molecule has 0 spiro atoms. The normalized spacial score (nSPS) is 19.0. The van der Waals surface area contributed by atoms with Gasteiger partial charge in [0.15, 0.2) is 5.82 Å². The molecule has 1 fully saturated rings. The summed E-state index contributed by atoms with van der Waals surface area (Å²) in [7, 11) is 0. The Kier molecular flexibility index (Phi) is 3.18. The van der Waals surface area contributed by atoms with E-state index in [1.54, 1.807) is 17.2 Å². The summed E-state index contributed by atoms with van der Waals surface area (Å²) in [5.41, 5.74) is 0.943. The zero-order chi connectivity index (χ0) is 12.2. The lowest BCUT2D eigenvalue weighted by Gasteiger charge is -2.14. The van der Waals surface area contributed by atoms with Gasteiger partial charge in [-0.05, 0) is 25.0 Å². The van der Waals surface area contributed by atoms with Crippen LogP contribution in [0.15, 0.2) is 31.0 Å².